The highest BCUT2D eigenvalue weighted by atomic mass is 19.4. The van der Waals surface area contributed by atoms with Crippen LogP contribution in [0.4, 0.5) is 13.2 Å². The number of alkyl halides is 3. The van der Waals surface area contributed by atoms with Crippen LogP contribution < -0.4 is 5.32 Å². The minimum Gasteiger partial charge on any atom is -0.352 e. The zero-order valence-corrected chi connectivity index (χ0v) is 10.3. The van der Waals surface area contributed by atoms with Crippen molar-refractivity contribution in [2.45, 2.75) is 12.6 Å². The van der Waals surface area contributed by atoms with Gasteiger partial charge >= 0.3 is 6.18 Å². The SMILES string of the molecule is Cn1ccc2cccc(C(=O)NCCC(F)(F)F)c21. The lowest BCUT2D eigenvalue weighted by Gasteiger charge is -2.09. The van der Waals surface area contributed by atoms with Crippen molar-refractivity contribution in [2.75, 3.05) is 6.54 Å². The predicted molar refractivity (Wildman–Crippen MR) is 65.9 cm³/mol. The molecule has 0 saturated heterocycles. The van der Waals surface area contributed by atoms with Crippen LogP contribution in [0, 0.1) is 0 Å². The second kappa shape index (κ2) is 4.95. The van der Waals surface area contributed by atoms with E-state index >= 15 is 0 Å². The van der Waals surface area contributed by atoms with E-state index in [1.54, 1.807) is 29.9 Å². The topological polar surface area (TPSA) is 34.0 Å². The number of aryl methyl sites for hydroxylation is 1. The molecule has 1 N–H and O–H groups in total. The number of hydrogen-bond donors (Lipinski definition) is 1. The first-order valence-corrected chi connectivity index (χ1v) is 5.77. The van der Waals surface area contributed by atoms with Crippen molar-refractivity contribution < 1.29 is 18.0 Å². The average Bonchev–Trinajstić information content (AvgIpc) is 2.69. The number of fused-ring (bicyclic) bond motifs is 1. The van der Waals surface area contributed by atoms with Crippen molar-refractivity contribution in [1.82, 2.24) is 9.88 Å². The largest absolute Gasteiger partial charge is 0.390 e. The van der Waals surface area contributed by atoms with Crippen LogP contribution in [0.3, 0.4) is 0 Å². The van der Waals surface area contributed by atoms with Gasteiger partial charge in [-0.3, -0.25) is 4.79 Å². The summed E-state index contributed by atoms with van der Waals surface area (Å²) in [7, 11) is 1.79. The van der Waals surface area contributed by atoms with E-state index in [2.05, 4.69) is 5.32 Å². The summed E-state index contributed by atoms with van der Waals surface area (Å²) in [4.78, 5) is 11.9. The van der Waals surface area contributed by atoms with Gasteiger partial charge in [-0.1, -0.05) is 12.1 Å². The van der Waals surface area contributed by atoms with Crippen LogP contribution in [0.2, 0.25) is 0 Å². The Morgan fingerprint density at radius 2 is 2.05 bits per heavy atom. The van der Waals surface area contributed by atoms with E-state index in [0.29, 0.717) is 11.1 Å². The standard InChI is InChI=1S/C13H13F3N2O/c1-18-8-5-9-3-2-4-10(11(9)18)12(19)17-7-6-13(14,15)16/h2-5,8H,6-7H2,1H3,(H,17,19). The highest BCUT2D eigenvalue weighted by molar-refractivity contribution is 6.05. The van der Waals surface area contributed by atoms with E-state index in [0.717, 1.165) is 5.39 Å². The van der Waals surface area contributed by atoms with E-state index in [-0.39, 0.29) is 0 Å². The molecule has 0 atom stereocenters. The fourth-order valence-electron chi connectivity index (χ4n) is 1.95. The summed E-state index contributed by atoms with van der Waals surface area (Å²) >= 11 is 0. The third-order valence-electron chi connectivity index (χ3n) is 2.84. The smallest absolute Gasteiger partial charge is 0.352 e. The zero-order valence-electron chi connectivity index (χ0n) is 10.3. The van der Waals surface area contributed by atoms with E-state index < -0.39 is 25.0 Å². The zero-order chi connectivity index (χ0) is 14.0. The molecule has 1 aromatic heterocycles. The molecule has 0 spiro atoms. The normalized spacial score (nSPS) is 11.8. The molecule has 1 aromatic carbocycles. The number of nitrogens with one attached hydrogen (secondary N) is 1. The average molecular weight is 270 g/mol. The van der Waals surface area contributed by atoms with Crippen molar-refractivity contribution in [3.63, 3.8) is 0 Å². The molecule has 1 heterocycles. The van der Waals surface area contributed by atoms with Gasteiger partial charge in [0, 0.05) is 25.2 Å². The first-order valence-electron chi connectivity index (χ1n) is 5.77. The number of aromatic nitrogens is 1. The van der Waals surface area contributed by atoms with E-state index in [1.165, 1.54) is 0 Å². The Morgan fingerprint density at radius 3 is 2.74 bits per heavy atom. The summed E-state index contributed by atoms with van der Waals surface area (Å²) in [5, 5.41) is 3.17. The molecule has 2 rings (SSSR count). The second-order valence-corrected chi connectivity index (χ2v) is 4.29. The molecule has 19 heavy (non-hydrogen) atoms. The molecule has 0 aliphatic rings. The van der Waals surface area contributed by atoms with Crippen LogP contribution in [0.5, 0.6) is 0 Å². The number of carbonyl (C=O) groups is 1. The van der Waals surface area contributed by atoms with Crippen molar-refractivity contribution in [1.29, 1.82) is 0 Å². The Kier molecular flexibility index (Phi) is 3.50. The van der Waals surface area contributed by atoms with Gasteiger partial charge in [0.2, 0.25) is 0 Å². The molecule has 0 aliphatic heterocycles. The predicted octanol–water partition coefficient (Wildman–Crippen LogP) is 2.86. The number of carbonyl (C=O) groups excluding carboxylic acids is 1. The van der Waals surface area contributed by atoms with Crippen LogP contribution in [0.1, 0.15) is 16.8 Å². The van der Waals surface area contributed by atoms with E-state index in [4.69, 9.17) is 0 Å². The summed E-state index contributed by atoms with van der Waals surface area (Å²) in [6, 6.07) is 7.01. The Hall–Kier alpha value is -1.98. The molecule has 0 aliphatic carbocycles. The molecule has 102 valence electrons. The van der Waals surface area contributed by atoms with Gasteiger partial charge in [-0.2, -0.15) is 13.2 Å². The Morgan fingerprint density at radius 1 is 1.32 bits per heavy atom. The van der Waals surface area contributed by atoms with E-state index in [1.807, 2.05) is 12.1 Å². The summed E-state index contributed by atoms with van der Waals surface area (Å²) in [5.74, 6) is -0.489. The quantitative estimate of drug-likeness (QED) is 0.914. The fourth-order valence-corrected chi connectivity index (χ4v) is 1.95. The Labute approximate surface area is 108 Å². The number of nitrogens with zero attached hydrogens (tertiary/aromatic N) is 1. The summed E-state index contributed by atoms with van der Waals surface area (Å²) < 4.78 is 37.8. The lowest BCUT2D eigenvalue weighted by molar-refractivity contribution is -0.132. The maximum Gasteiger partial charge on any atom is 0.390 e. The molecule has 6 heteroatoms. The van der Waals surface area contributed by atoms with Gasteiger partial charge < -0.3 is 9.88 Å². The van der Waals surface area contributed by atoms with Crippen molar-refractivity contribution in [3.8, 4) is 0 Å². The van der Waals surface area contributed by atoms with Gasteiger partial charge in [-0.05, 0) is 12.1 Å². The molecule has 0 fully saturated rings. The van der Waals surface area contributed by atoms with Crippen molar-refractivity contribution >= 4 is 16.8 Å². The minimum atomic E-state index is -4.26. The van der Waals surface area contributed by atoms with Crippen LogP contribution in [-0.4, -0.2) is 23.2 Å². The molecule has 0 unspecified atom stereocenters. The maximum atomic E-state index is 12.0. The molecule has 0 radical (unpaired) electrons. The summed E-state index contributed by atoms with van der Waals surface area (Å²) in [6.07, 6.45) is -3.48. The van der Waals surface area contributed by atoms with Gasteiger partial charge in [0.05, 0.1) is 17.5 Å². The Balaban J connectivity index is 2.16. The lowest BCUT2D eigenvalue weighted by Crippen LogP contribution is -2.28. The van der Waals surface area contributed by atoms with Crippen LogP contribution in [0.25, 0.3) is 10.9 Å². The molecular weight excluding hydrogens is 257 g/mol. The number of para-hydroxylation sites is 1. The molecular formula is C13H13F3N2O. The van der Waals surface area contributed by atoms with Gasteiger partial charge in [-0.15, -0.1) is 0 Å². The van der Waals surface area contributed by atoms with Crippen LogP contribution in [-0.2, 0) is 7.05 Å². The fraction of sp³-hybridized carbons (Fsp3) is 0.308. The third-order valence-corrected chi connectivity index (χ3v) is 2.84. The monoisotopic (exact) mass is 270 g/mol. The highest BCUT2D eigenvalue weighted by Gasteiger charge is 2.26. The number of benzene rings is 1. The molecule has 1 amide bonds. The van der Waals surface area contributed by atoms with Crippen LogP contribution >= 0.6 is 0 Å². The molecule has 0 bridgehead atoms. The van der Waals surface area contributed by atoms with Gasteiger partial charge in [0.15, 0.2) is 0 Å². The first kappa shape index (κ1) is 13.5. The number of halogens is 3. The van der Waals surface area contributed by atoms with Gasteiger partial charge in [-0.25, -0.2) is 0 Å². The van der Waals surface area contributed by atoms with Crippen LogP contribution in [0.15, 0.2) is 30.5 Å². The number of amides is 1. The number of rotatable bonds is 3. The highest BCUT2D eigenvalue weighted by Crippen LogP contribution is 2.20. The minimum absolute atomic E-state index is 0.382. The van der Waals surface area contributed by atoms with Crippen molar-refractivity contribution in [3.05, 3.63) is 36.0 Å². The molecule has 0 saturated carbocycles. The maximum absolute atomic E-state index is 12.0. The second-order valence-electron chi connectivity index (χ2n) is 4.29. The summed E-state index contributed by atoms with van der Waals surface area (Å²) in [6.45, 7) is -0.414. The van der Waals surface area contributed by atoms with Gasteiger partial charge in [0.25, 0.3) is 5.91 Å². The van der Waals surface area contributed by atoms with Crippen molar-refractivity contribution in [2.24, 2.45) is 7.05 Å². The van der Waals surface area contributed by atoms with E-state index in [9.17, 15) is 18.0 Å². The molecule has 2 aromatic rings. The third kappa shape index (κ3) is 3.07. The number of hydrogen-bond acceptors (Lipinski definition) is 1. The Bertz CT molecular complexity index is 601. The van der Waals surface area contributed by atoms with Gasteiger partial charge in [0.1, 0.15) is 0 Å². The lowest BCUT2D eigenvalue weighted by atomic mass is 10.1. The molecule has 3 nitrogen and oxygen atoms in total. The summed E-state index contributed by atoms with van der Waals surface area (Å²) in [5.41, 5.74) is 1.10. The first-order chi connectivity index (χ1) is 8.88.